The Labute approximate surface area is 160 Å². The first-order valence-electron chi connectivity index (χ1n) is 7.81. The van der Waals surface area contributed by atoms with E-state index in [1.54, 1.807) is 12.3 Å². The van der Waals surface area contributed by atoms with Gasteiger partial charge in [-0.05, 0) is 36.8 Å². The molecule has 3 aromatic rings. The van der Waals surface area contributed by atoms with E-state index in [-0.39, 0.29) is 33.3 Å². The van der Waals surface area contributed by atoms with Crippen molar-refractivity contribution in [1.82, 2.24) is 9.38 Å². The number of hydrogen-bond acceptors (Lipinski definition) is 6. The van der Waals surface area contributed by atoms with Crippen LogP contribution in [0.5, 0.6) is 0 Å². The van der Waals surface area contributed by atoms with E-state index >= 15 is 0 Å². The quantitative estimate of drug-likeness (QED) is 0.617. The molecule has 0 amide bonds. The zero-order chi connectivity index (χ0) is 19.8. The van der Waals surface area contributed by atoms with Crippen molar-refractivity contribution in [2.45, 2.75) is 18.4 Å². The van der Waals surface area contributed by atoms with E-state index in [0.717, 1.165) is 17.9 Å². The van der Waals surface area contributed by atoms with Crippen molar-refractivity contribution in [2.24, 2.45) is 0 Å². The fraction of sp³-hybridized carbons (Fsp3) is 0.167. The number of carbonyl (C=O) groups excluding carboxylic acids is 1. The number of nitrogens with zero attached hydrogens (tertiary/aromatic N) is 2. The minimum absolute atomic E-state index is 0.0449. The molecule has 0 saturated heterocycles. The second-order valence-electron chi connectivity index (χ2n) is 5.96. The largest absolute Gasteiger partial charge is 0.456 e. The summed E-state index contributed by atoms with van der Waals surface area (Å²) < 4.78 is 29.9. The van der Waals surface area contributed by atoms with Gasteiger partial charge in [0.1, 0.15) is 12.3 Å². The van der Waals surface area contributed by atoms with Crippen molar-refractivity contribution >= 4 is 33.1 Å². The van der Waals surface area contributed by atoms with Crippen LogP contribution >= 0.6 is 11.6 Å². The molecule has 0 aliphatic heterocycles. The van der Waals surface area contributed by atoms with Crippen LogP contribution in [0.4, 0.5) is 0 Å². The Bertz CT molecular complexity index is 1220. The molecule has 0 N–H and O–H groups in total. The van der Waals surface area contributed by atoms with Gasteiger partial charge in [-0.15, -0.1) is 0 Å². The van der Waals surface area contributed by atoms with E-state index in [4.69, 9.17) is 16.3 Å². The van der Waals surface area contributed by atoms with E-state index in [0.29, 0.717) is 5.65 Å². The highest BCUT2D eigenvalue weighted by Crippen LogP contribution is 2.21. The summed E-state index contributed by atoms with van der Waals surface area (Å²) in [5.41, 5.74) is 1.16. The molecule has 0 bridgehead atoms. The number of aromatic nitrogens is 2. The fourth-order valence-corrected chi connectivity index (χ4v) is 3.33. The van der Waals surface area contributed by atoms with Gasteiger partial charge in [0.2, 0.25) is 0 Å². The SMILES string of the molecule is Cc1cccn2c(=O)cc(COC(=O)c3cc(S(C)(=O)=O)ccc3Cl)nc12. The summed E-state index contributed by atoms with van der Waals surface area (Å²) in [6.45, 7) is 1.56. The van der Waals surface area contributed by atoms with Crippen LogP contribution in [-0.2, 0) is 21.2 Å². The maximum atomic E-state index is 12.3. The molecule has 0 aliphatic rings. The number of esters is 1. The van der Waals surface area contributed by atoms with Crippen molar-refractivity contribution in [3.05, 3.63) is 74.8 Å². The number of fused-ring (bicyclic) bond motifs is 1. The first kappa shape index (κ1) is 19.1. The molecule has 3 rings (SSSR count). The average molecular weight is 407 g/mol. The molecule has 1 aromatic carbocycles. The Morgan fingerprint density at radius 1 is 1.26 bits per heavy atom. The maximum absolute atomic E-state index is 12.3. The summed E-state index contributed by atoms with van der Waals surface area (Å²) in [6, 6.07) is 8.61. The van der Waals surface area contributed by atoms with Gasteiger partial charge in [-0.2, -0.15) is 0 Å². The van der Waals surface area contributed by atoms with E-state index in [2.05, 4.69) is 4.98 Å². The van der Waals surface area contributed by atoms with Crippen molar-refractivity contribution in [3.63, 3.8) is 0 Å². The van der Waals surface area contributed by atoms with Crippen LogP contribution in [0, 0.1) is 6.92 Å². The number of sulfone groups is 1. The van der Waals surface area contributed by atoms with Crippen molar-refractivity contribution < 1.29 is 17.9 Å². The van der Waals surface area contributed by atoms with Gasteiger partial charge >= 0.3 is 5.97 Å². The zero-order valence-electron chi connectivity index (χ0n) is 14.5. The van der Waals surface area contributed by atoms with E-state index in [1.165, 1.54) is 22.6 Å². The van der Waals surface area contributed by atoms with Gasteiger partial charge < -0.3 is 4.74 Å². The van der Waals surface area contributed by atoms with Gasteiger partial charge in [0, 0.05) is 18.5 Å². The van der Waals surface area contributed by atoms with E-state index in [9.17, 15) is 18.0 Å². The highest BCUT2D eigenvalue weighted by Gasteiger charge is 2.17. The van der Waals surface area contributed by atoms with Gasteiger partial charge in [-0.1, -0.05) is 17.7 Å². The third-order valence-electron chi connectivity index (χ3n) is 3.88. The average Bonchev–Trinajstić information content (AvgIpc) is 2.60. The molecule has 0 radical (unpaired) electrons. The number of aryl methyl sites for hydroxylation is 1. The Morgan fingerprint density at radius 3 is 2.70 bits per heavy atom. The van der Waals surface area contributed by atoms with Gasteiger partial charge in [-0.25, -0.2) is 18.2 Å². The third-order valence-corrected chi connectivity index (χ3v) is 5.32. The summed E-state index contributed by atoms with van der Waals surface area (Å²) in [5.74, 6) is -0.808. The monoisotopic (exact) mass is 406 g/mol. The second kappa shape index (κ2) is 7.13. The number of pyridine rings is 1. The zero-order valence-corrected chi connectivity index (χ0v) is 16.0. The van der Waals surface area contributed by atoms with Crippen molar-refractivity contribution in [2.75, 3.05) is 6.26 Å². The lowest BCUT2D eigenvalue weighted by molar-refractivity contribution is 0.0467. The van der Waals surface area contributed by atoms with E-state index < -0.39 is 15.8 Å². The Kier molecular flexibility index (Phi) is 5.03. The Balaban J connectivity index is 1.87. The van der Waals surface area contributed by atoms with Crippen LogP contribution in [0.2, 0.25) is 5.02 Å². The van der Waals surface area contributed by atoms with Gasteiger partial charge in [0.15, 0.2) is 9.84 Å². The summed E-state index contributed by atoms with van der Waals surface area (Å²) in [4.78, 5) is 28.8. The van der Waals surface area contributed by atoms with Crippen LogP contribution in [0.3, 0.4) is 0 Å². The minimum Gasteiger partial charge on any atom is -0.456 e. The standard InChI is InChI=1S/C18H15ClN2O5S/c1-11-4-3-7-21-16(22)8-12(20-17(11)21)10-26-18(23)14-9-13(27(2,24)25)5-6-15(14)19/h3-9H,10H2,1-2H3. The molecule has 9 heteroatoms. The molecule has 140 valence electrons. The molecule has 0 saturated carbocycles. The van der Waals surface area contributed by atoms with Gasteiger partial charge in [0.25, 0.3) is 5.56 Å². The first-order valence-corrected chi connectivity index (χ1v) is 10.1. The molecule has 2 aromatic heterocycles. The lowest BCUT2D eigenvalue weighted by Crippen LogP contribution is -2.17. The normalized spacial score (nSPS) is 11.5. The number of hydrogen-bond donors (Lipinski definition) is 0. The van der Waals surface area contributed by atoms with Crippen molar-refractivity contribution in [1.29, 1.82) is 0 Å². The minimum atomic E-state index is -3.50. The number of ether oxygens (including phenoxy) is 1. The summed E-state index contributed by atoms with van der Waals surface area (Å²) in [5, 5.41) is 0.0646. The Morgan fingerprint density at radius 2 is 2.00 bits per heavy atom. The van der Waals surface area contributed by atoms with Crippen LogP contribution in [0.15, 0.2) is 52.3 Å². The van der Waals surface area contributed by atoms with Gasteiger partial charge in [-0.3, -0.25) is 9.20 Å². The summed E-state index contributed by atoms with van der Waals surface area (Å²) in [7, 11) is -3.50. The fourth-order valence-electron chi connectivity index (χ4n) is 2.49. The molecule has 0 fully saturated rings. The lowest BCUT2D eigenvalue weighted by atomic mass is 10.2. The first-order chi connectivity index (χ1) is 12.7. The molecular formula is C18H15ClN2O5S. The predicted octanol–water partition coefficient (Wildman–Crippen LogP) is 2.42. The van der Waals surface area contributed by atoms with Crippen molar-refractivity contribution in [3.8, 4) is 0 Å². The molecule has 7 nitrogen and oxygen atoms in total. The predicted molar refractivity (Wildman–Crippen MR) is 99.9 cm³/mol. The second-order valence-corrected chi connectivity index (χ2v) is 8.38. The number of benzene rings is 1. The number of rotatable bonds is 4. The topological polar surface area (TPSA) is 94.8 Å². The molecule has 0 atom stereocenters. The molecule has 0 spiro atoms. The number of carbonyl (C=O) groups is 1. The highest BCUT2D eigenvalue weighted by atomic mass is 35.5. The van der Waals surface area contributed by atoms with Crippen LogP contribution < -0.4 is 5.56 Å². The number of halogens is 1. The molecule has 0 aliphatic carbocycles. The van der Waals surface area contributed by atoms with Crippen LogP contribution in [0.25, 0.3) is 5.65 Å². The lowest BCUT2D eigenvalue weighted by Gasteiger charge is -2.09. The van der Waals surface area contributed by atoms with E-state index in [1.807, 2.05) is 13.0 Å². The molecule has 27 heavy (non-hydrogen) atoms. The Hall–Kier alpha value is -2.71. The maximum Gasteiger partial charge on any atom is 0.340 e. The summed E-state index contributed by atoms with van der Waals surface area (Å²) in [6.07, 6.45) is 2.63. The third kappa shape index (κ3) is 4.01. The van der Waals surface area contributed by atoms with Gasteiger partial charge in [0.05, 0.1) is 21.2 Å². The van der Waals surface area contributed by atoms with Crippen LogP contribution in [-0.4, -0.2) is 30.0 Å². The molecular weight excluding hydrogens is 392 g/mol. The smallest absolute Gasteiger partial charge is 0.340 e. The van der Waals surface area contributed by atoms with Crippen LogP contribution in [0.1, 0.15) is 21.6 Å². The molecule has 0 unspecified atom stereocenters. The molecule has 2 heterocycles. The highest BCUT2D eigenvalue weighted by molar-refractivity contribution is 7.90. The summed E-state index contributed by atoms with van der Waals surface area (Å²) >= 11 is 5.98.